The number of cyclic esters (lactones) is 1. The van der Waals surface area contributed by atoms with E-state index in [0.29, 0.717) is 26.0 Å². The second-order valence-electron chi connectivity index (χ2n) is 8.70. The van der Waals surface area contributed by atoms with E-state index in [1.807, 2.05) is 45.1 Å². The highest BCUT2D eigenvalue weighted by Crippen LogP contribution is 2.61. The number of carbonyl (C=O) groups is 3. The maximum absolute atomic E-state index is 13.8. The lowest BCUT2D eigenvalue weighted by Crippen LogP contribution is -2.57. The fourth-order valence-electron chi connectivity index (χ4n) is 5.34. The SMILES string of the molecule is CC[C@@H](CO)N1C(=O)[C@@H]2[C@@H]3C(=O)OCCC=C[C@@H]3S[C@@]23C=CCN(C(C)C)C(=O)C13. The lowest BCUT2D eigenvalue weighted by molar-refractivity contribution is -0.153. The molecule has 4 rings (SSSR count). The zero-order chi connectivity index (χ0) is 21.6. The Balaban J connectivity index is 1.87. The van der Waals surface area contributed by atoms with Gasteiger partial charge >= 0.3 is 5.97 Å². The fraction of sp³-hybridized carbons (Fsp3) is 0.682. The van der Waals surface area contributed by atoms with E-state index in [0.717, 1.165) is 0 Å². The van der Waals surface area contributed by atoms with Gasteiger partial charge in [0.15, 0.2) is 0 Å². The summed E-state index contributed by atoms with van der Waals surface area (Å²) >= 11 is 1.53. The van der Waals surface area contributed by atoms with Gasteiger partial charge < -0.3 is 19.6 Å². The Morgan fingerprint density at radius 1 is 1.27 bits per heavy atom. The summed E-state index contributed by atoms with van der Waals surface area (Å²) in [6.45, 7) is 6.37. The number of carbonyl (C=O) groups excluding carboxylic acids is 3. The average molecular weight is 435 g/mol. The number of esters is 1. The summed E-state index contributed by atoms with van der Waals surface area (Å²) in [6, 6.07) is -1.23. The fourth-order valence-corrected chi connectivity index (χ4v) is 7.32. The summed E-state index contributed by atoms with van der Waals surface area (Å²) in [6.07, 6.45) is 9.13. The first kappa shape index (κ1) is 21.4. The van der Waals surface area contributed by atoms with Crippen molar-refractivity contribution < 1.29 is 24.2 Å². The van der Waals surface area contributed by atoms with Crippen molar-refractivity contribution in [3.05, 3.63) is 24.3 Å². The molecule has 0 saturated carbocycles. The van der Waals surface area contributed by atoms with Gasteiger partial charge in [0.1, 0.15) is 6.04 Å². The molecule has 4 aliphatic rings. The molecule has 0 aromatic heterocycles. The van der Waals surface area contributed by atoms with Crippen LogP contribution in [0.2, 0.25) is 0 Å². The Hall–Kier alpha value is -1.80. The highest BCUT2D eigenvalue weighted by atomic mass is 32.2. The molecule has 2 saturated heterocycles. The van der Waals surface area contributed by atoms with E-state index in [1.165, 1.54) is 11.8 Å². The van der Waals surface area contributed by atoms with Gasteiger partial charge in [-0.3, -0.25) is 14.4 Å². The number of aliphatic hydroxyl groups excluding tert-OH is 1. The third-order valence-electron chi connectivity index (χ3n) is 6.79. The van der Waals surface area contributed by atoms with Crippen molar-refractivity contribution in [3.63, 3.8) is 0 Å². The molecule has 1 unspecified atom stereocenters. The Labute approximate surface area is 181 Å². The molecule has 0 aliphatic carbocycles. The largest absolute Gasteiger partial charge is 0.465 e. The normalized spacial score (nSPS) is 36.8. The number of nitrogens with zero attached hydrogens (tertiary/aromatic N) is 2. The third kappa shape index (κ3) is 3.02. The lowest BCUT2D eigenvalue weighted by atomic mass is 9.78. The minimum absolute atomic E-state index is 0.0209. The van der Waals surface area contributed by atoms with Crippen molar-refractivity contribution in [1.29, 1.82) is 0 Å². The highest BCUT2D eigenvalue weighted by Gasteiger charge is 2.71. The van der Waals surface area contributed by atoms with Crippen LogP contribution in [0.4, 0.5) is 0 Å². The van der Waals surface area contributed by atoms with Gasteiger partial charge in [-0.1, -0.05) is 31.2 Å². The molecule has 1 N–H and O–H groups in total. The molecule has 8 heteroatoms. The predicted molar refractivity (Wildman–Crippen MR) is 114 cm³/mol. The van der Waals surface area contributed by atoms with Crippen molar-refractivity contribution in [2.24, 2.45) is 11.8 Å². The molecular formula is C22H30N2O5S. The van der Waals surface area contributed by atoms with Crippen LogP contribution in [-0.4, -0.2) is 80.6 Å². The van der Waals surface area contributed by atoms with Gasteiger partial charge in [-0.15, -0.1) is 11.8 Å². The first-order valence-electron chi connectivity index (χ1n) is 10.8. The summed E-state index contributed by atoms with van der Waals surface area (Å²) in [7, 11) is 0. The Morgan fingerprint density at radius 2 is 2.03 bits per heavy atom. The van der Waals surface area contributed by atoms with Gasteiger partial charge in [0.2, 0.25) is 11.8 Å². The molecule has 2 amide bonds. The first-order valence-corrected chi connectivity index (χ1v) is 11.7. The smallest absolute Gasteiger partial charge is 0.311 e. The van der Waals surface area contributed by atoms with E-state index in [1.54, 1.807) is 9.80 Å². The number of amides is 2. The molecule has 0 aromatic rings. The summed E-state index contributed by atoms with van der Waals surface area (Å²) < 4.78 is 4.61. The molecule has 30 heavy (non-hydrogen) atoms. The van der Waals surface area contributed by atoms with E-state index in [2.05, 4.69) is 0 Å². The van der Waals surface area contributed by atoms with Crippen LogP contribution >= 0.6 is 11.8 Å². The molecule has 7 nitrogen and oxygen atoms in total. The van der Waals surface area contributed by atoms with E-state index < -0.39 is 28.7 Å². The van der Waals surface area contributed by atoms with Crippen LogP contribution in [0.1, 0.15) is 33.6 Å². The Morgan fingerprint density at radius 3 is 2.70 bits per heavy atom. The second kappa shape index (κ2) is 8.04. The van der Waals surface area contributed by atoms with Crippen LogP contribution in [0, 0.1) is 11.8 Å². The quantitative estimate of drug-likeness (QED) is 0.531. The van der Waals surface area contributed by atoms with Gasteiger partial charge in [0, 0.05) is 17.8 Å². The number of hydrogen-bond donors (Lipinski definition) is 1. The molecule has 4 heterocycles. The van der Waals surface area contributed by atoms with Gasteiger partial charge in [-0.05, 0) is 26.7 Å². The van der Waals surface area contributed by atoms with Crippen molar-refractivity contribution in [3.8, 4) is 0 Å². The number of rotatable bonds is 4. The number of thioether (sulfide) groups is 1. The standard InChI is InChI=1S/C22H30N2O5S/c1-4-14(12-25)24-18-20(27)23(13(2)3)10-7-9-22(18)17(19(24)26)16-15(30-22)8-5-6-11-29-21(16)28/h5,7-9,13-18,25H,4,6,10-12H2,1-3H3/t14-,15-,16+,17-,18?,22-/m0/s1. The van der Waals surface area contributed by atoms with Crippen LogP contribution in [0.3, 0.4) is 0 Å². The number of aliphatic hydroxyl groups is 1. The van der Waals surface area contributed by atoms with Gasteiger partial charge in [-0.2, -0.15) is 0 Å². The number of ether oxygens (including phenoxy) is 1. The maximum atomic E-state index is 13.8. The molecule has 0 bridgehead atoms. The maximum Gasteiger partial charge on any atom is 0.311 e. The summed E-state index contributed by atoms with van der Waals surface area (Å²) in [5, 5.41) is 9.79. The molecule has 4 aliphatic heterocycles. The van der Waals surface area contributed by atoms with E-state index in [-0.39, 0.29) is 35.7 Å². The van der Waals surface area contributed by atoms with Crippen LogP contribution < -0.4 is 0 Å². The predicted octanol–water partition coefficient (Wildman–Crippen LogP) is 1.36. The summed E-state index contributed by atoms with van der Waals surface area (Å²) in [5.74, 6) is -2.02. The Bertz CT molecular complexity index is 792. The summed E-state index contributed by atoms with van der Waals surface area (Å²) in [5.41, 5.74) is 0. The van der Waals surface area contributed by atoms with Gasteiger partial charge in [0.25, 0.3) is 0 Å². The van der Waals surface area contributed by atoms with Crippen LogP contribution in [0.25, 0.3) is 0 Å². The number of likely N-dealkylation sites (tertiary alicyclic amines) is 1. The van der Waals surface area contributed by atoms with E-state index in [4.69, 9.17) is 4.74 Å². The van der Waals surface area contributed by atoms with E-state index in [9.17, 15) is 19.5 Å². The molecule has 2 fully saturated rings. The third-order valence-corrected chi connectivity index (χ3v) is 8.53. The van der Waals surface area contributed by atoms with Gasteiger partial charge in [-0.25, -0.2) is 0 Å². The molecule has 6 atom stereocenters. The molecule has 164 valence electrons. The lowest BCUT2D eigenvalue weighted by Gasteiger charge is -2.39. The van der Waals surface area contributed by atoms with Crippen molar-refractivity contribution >= 4 is 29.5 Å². The Kier molecular flexibility index (Phi) is 5.74. The van der Waals surface area contributed by atoms with Crippen LogP contribution in [-0.2, 0) is 19.1 Å². The van der Waals surface area contributed by atoms with Crippen LogP contribution in [0.5, 0.6) is 0 Å². The number of hydrogen-bond acceptors (Lipinski definition) is 6. The number of fused-ring (bicyclic) bond motifs is 2. The van der Waals surface area contributed by atoms with Crippen molar-refractivity contribution in [2.45, 2.75) is 61.7 Å². The minimum Gasteiger partial charge on any atom is -0.465 e. The topological polar surface area (TPSA) is 87.2 Å². The molecule has 0 radical (unpaired) electrons. The second-order valence-corrected chi connectivity index (χ2v) is 10.2. The highest BCUT2D eigenvalue weighted by molar-refractivity contribution is 8.02. The minimum atomic E-state index is -0.844. The summed E-state index contributed by atoms with van der Waals surface area (Å²) in [4.78, 5) is 43.9. The van der Waals surface area contributed by atoms with E-state index >= 15 is 0 Å². The zero-order valence-electron chi connectivity index (χ0n) is 17.7. The molecular weight excluding hydrogens is 404 g/mol. The average Bonchev–Trinajstić information content (AvgIpc) is 3.07. The molecule has 0 aromatic carbocycles. The van der Waals surface area contributed by atoms with Gasteiger partial charge in [0.05, 0.1) is 35.8 Å². The van der Waals surface area contributed by atoms with Crippen molar-refractivity contribution in [1.82, 2.24) is 9.80 Å². The molecule has 1 spiro atoms. The first-order chi connectivity index (χ1) is 14.4. The monoisotopic (exact) mass is 434 g/mol. The zero-order valence-corrected chi connectivity index (χ0v) is 18.5. The van der Waals surface area contributed by atoms with Crippen molar-refractivity contribution in [2.75, 3.05) is 19.8 Å². The van der Waals surface area contributed by atoms with Crippen LogP contribution in [0.15, 0.2) is 24.3 Å².